The van der Waals surface area contributed by atoms with Crippen LogP contribution in [0.1, 0.15) is 26.2 Å². The van der Waals surface area contributed by atoms with Gasteiger partial charge >= 0.3 is 29.8 Å². The summed E-state index contributed by atoms with van der Waals surface area (Å²) in [5, 5.41) is 0. The van der Waals surface area contributed by atoms with E-state index in [0.29, 0.717) is 0 Å². The lowest BCUT2D eigenvalue weighted by atomic mass is 10.1. The van der Waals surface area contributed by atoms with Crippen molar-refractivity contribution in [1.29, 1.82) is 0 Å². The number of halogens is 4. The van der Waals surface area contributed by atoms with E-state index in [1.807, 2.05) is 0 Å². The molecule has 0 heterocycles. The molecule has 0 aromatic rings. The van der Waals surface area contributed by atoms with Crippen LogP contribution in [-0.2, 0) is 28.6 Å². The number of esters is 3. The first-order chi connectivity index (χ1) is 11.5. The summed E-state index contributed by atoms with van der Waals surface area (Å²) >= 11 is 0. The highest BCUT2D eigenvalue weighted by Gasteiger charge is 2.55. The number of hydrogen-bond donors (Lipinski definition) is 0. The van der Waals surface area contributed by atoms with E-state index in [9.17, 15) is 31.9 Å². The highest BCUT2D eigenvalue weighted by molar-refractivity contribution is 5.87. The van der Waals surface area contributed by atoms with Crippen molar-refractivity contribution in [3.8, 4) is 0 Å². The maximum atomic E-state index is 13.5. The van der Waals surface area contributed by atoms with Gasteiger partial charge < -0.3 is 14.2 Å². The summed E-state index contributed by atoms with van der Waals surface area (Å²) in [7, 11) is 0. The van der Waals surface area contributed by atoms with Crippen LogP contribution in [0.2, 0.25) is 0 Å². The van der Waals surface area contributed by atoms with Crippen LogP contribution in [0.5, 0.6) is 0 Å². The molecule has 0 atom stereocenters. The van der Waals surface area contributed by atoms with Crippen LogP contribution in [0.4, 0.5) is 17.6 Å². The van der Waals surface area contributed by atoms with Crippen molar-refractivity contribution >= 4 is 17.9 Å². The fraction of sp³-hybridized carbons (Fsp3) is 0.667. The van der Waals surface area contributed by atoms with E-state index in [1.54, 1.807) is 0 Å². The fourth-order valence-corrected chi connectivity index (χ4v) is 1.50. The van der Waals surface area contributed by atoms with Gasteiger partial charge in [-0.1, -0.05) is 6.58 Å². The molecule has 0 aromatic carbocycles. The number of ether oxygens (including phenoxy) is 3. The number of hydrogen-bond acceptors (Lipinski definition) is 6. The molecule has 25 heavy (non-hydrogen) atoms. The molecular weight excluding hydrogens is 352 g/mol. The second-order valence-electron chi connectivity index (χ2n) is 5.68. The Morgan fingerprint density at radius 2 is 1.44 bits per heavy atom. The van der Waals surface area contributed by atoms with Crippen LogP contribution in [0, 0.1) is 5.92 Å². The summed E-state index contributed by atoms with van der Waals surface area (Å²) < 4.78 is 66.8. The van der Waals surface area contributed by atoms with Gasteiger partial charge in [0.25, 0.3) is 0 Å². The zero-order chi connectivity index (χ0) is 19.3. The molecule has 1 aliphatic carbocycles. The van der Waals surface area contributed by atoms with Crippen LogP contribution < -0.4 is 0 Å². The normalized spacial score (nSPS) is 14.6. The lowest BCUT2D eigenvalue weighted by molar-refractivity contribution is -0.197. The first-order valence-corrected chi connectivity index (χ1v) is 7.38. The third kappa shape index (κ3) is 7.10. The predicted octanol–water partition coefficient (Wildman–Crippen LogP) is 2.26. The molecule has 1 fully saturated rings. The largest absolute Gasteiger partial charge is 0.461 e. The molecule has 0 bridgehead atoms. The van der Waals surface area contributed by atoms with Crippen molar-refractivity contribution in [1.82, 2.24) is 0 Å². The summed E-state index contributed by atoms with van der Waals surface area (Å²) in [6, 6.07) is 0. The van der Waals surface area contributed by atoms with Gasteiger partial charge in [0.05, 0.1) is 13.0 Å². The SMILES string of the molecule is C=C(C)C(=O)OCCOC(=O)C(F)(F)CC(F)(F)C(=O)OCC1CC1. The molecule has 142 valence electrons. The van der Waals surface area contributed by atoms with Crippen LogP contribution in [0.25, 0.3) is 0 Å². The monoisotopic (exact) mass is 370 g/mol. The first kappa shape index (κ1) is 20.9. The Hall–Kier alpha value is -2.13. The maximum Gasteiger partial charge on any atom is 0.377 e. The van der Waals surface area contributed by atoms with Crippen molar-refractivity contribution in [2.45, 2.75) is 38.0 Å². The molecule has 0 N–H and O–H groups in total. The number of carbonyl (C=O) groups excluding carboxylic acids is 3. The molecule has 0 unspecified atom stereocenters. The van der Waals surface area contributed by atoms with Gasteiger partial charge in [0.2, 0.25) is 0 Å². The van der Waals surface area contributed by atoms with E-state index < -0.39 is 49.4 Å². The molecular formula is C15H18F4O6. The highest BCUT2D eigenvalue weighted by atomic mass is 19.3. The molecule has 0 aliphatic heterocycles. The standard InChI is InChI=1S/C15H18F4O6/c1-9(2)11(20)23-5-6-24-12(21)14(16,17)8-15(18,19)13(22)25-7-10-3-4-10/h10H,1,3-8H2,2H3. The van der Waals surface area contributed by atoms with Gasteiger partial charge in [0, 0.05) is 5.57 Å². The van der Waals surface area contributed by atoms with Gasteiger partial charge in [-0.15, -0.1) is 0 Å². The lowest BCUT2D eigenvalue weighted by Crippen LogP contribution is -2.42. The summed E-state index contributed by atoms with van der Waals surface area (Å²) in [4.78, 5) is 33.4. The predicted molar refractivity (Wildman–Crippen MR) is 74.9 cm³/mol. The molecule has 0 amide bonds. The number of rotatable bonds is 10. The van der Waals surface area contributed by atoms with E-state index >= 15 is 0 Å². The molecule has 0 spiro atoms. The Kier molecular flexibility index (Phi) is 6.95. The minimum atomic E-state index is -4.61. The van der Waals surface area contributed by atoms with Crippen molar-refractivity contribution in [3.63, 3.8) is 0 Å². The summed E-state index contributed by atoms with van der Waals surface area (Å²) in [6.07, 6.45) is -0.928. The fourth-order valence-electron chi connectivity index (χ4n) is 1.50. The van der Waals surface area contributed by atoms with Gasteiger partial charge in [-0.25, -0.2) is 14.4 Å². The van der Waals surface area contributed by atoms with Gasteiger partial charge in [-0.2, -0.15) is 17.6 Å². The molecule has 10 heteroatoms. The van der Waals surface area contributed by atoms with Crippen LogP contribution >= 0.6 is 0 Å². The third-order valence-corrected chi connectivity index (χ3v) is 3.09. The highest BCUT2D eigenvalue weighted by Crippen LogP contribution is 2.34. The van der Waals surface area contributed by atoms with E-state index in [0.717, 1.165) is 12.8 Å². The summed E-state index contributed by atoms with van der Waals surface area (Å²) in [5.41, 5.74) is 0.0426. The van der Waals surface area contributed by atoms with Crippen molar-refractivity contribution < 1.29 is 46.2 Å². The topological polar surface area (TPSA) is 78.9 Å². The summed E-state index contributed by atoms with van der Waals surface area (Å²) in [6.45, 7) is 3.03. The lowest BCUT2D eigenvalue weighted by Gasteiger charge is -2.20. The first-order valence-electron chi connectivity index (χ1n) is 7.38. The van der Waals surface area contributed by atoms with Crippen LogP contribution in [0.3, 0.4) is 0 Å². The number of carbonyl (C=O) groups is 3. The minimum Gasteiger partial charge on any atom is -0.461 e. The Morgan fingerprint density at radius 1 is 0.960 bits per heavy atom. The van der Waals surface area contributed by atoms with E-state index in [-0.39, 0.29) is 18.1 Å². The summed E-state index contributed by atoms with van der Waals surface area (Å²) in [5.74, 6) is -14.4. The van der Waals surface area contributed by atoms with Crippen LogP contribution in [0.15, 0.2) is 12.2 Å². The van der Waals surface area contributed by atoms with E-state index in [2.05, 4.69) is 20.8 Å². The van der Waals surface area contributed by atoms with Gasteiger partial charge in [0.1, 0.15) is 13.2 Å². The Bertz CT molecular complexity index is 542. The van der Waals surface area contributed by atoms with Crippen LogP contribution in [-0.4, -0.2) is 49.6 Å². The van der Waals surface area contributed by atoms with Crippen molar-refractivity contribution in [3.05, 3.63) is 12.2 Å². The number of alkyl halides is 4. The van der Waals surface area contributed by atoms with Gasteiger partial charge in [-0.3, -0.25) is 0 Å². The third-order valence-electron chi connectivity index (χ3n) is 3.09. The second kappa shape index (κ2) is 8.30. The second-order valence-corrected chi connectivity index (χ2v) is 5.68. The zero-order valence-electron chi connectivity index (χ0n) is 13.5. The quantitative estimate of drug-likeness (QED) is 0.193. The van der Waals surface area contributed by atoms with Crippen molar-refractivity contribution in [2.75, 3.05) is 19.8 Å². The Morgan fingerprint density at radius 3 is 1.92 bits per heavy atom. The van der Waals surface area contributed by atoms with Gasteiger partial charge in [-0.05, 0) is 25.7 Å². The van der Waals surface area contributed by atoms with E-state index in [1.165, 1.54) is 6.92 Å². The van der Waals surface area contributed by atoms with Gasteiger partial charge in [0.15, 0.2) is 0 Å². The molecule has 0 radical (unpaired) electrons. The molecule has 1 aliphatic rings. The smallest absolute Gasteiger partial charge is 0.377 e. The molecule has 0 aromatic heterocycles. The minimum absolute atomic E-state index is 0.0212. The van der Waals surface area contributed by atoms with E-state index in [4.69, 9.17) is 0 Å². The average molecular weight is 370 g/mol. The Balaban J connectivity index is 2.42. The Labute approximate surface area is 141 Å². The molecule has 1 saturated carbocycles. The molecule has 1 rings (SSSR count). The zero-order valence-corrected chi connectivity index (χ0v) is 13.5. The maximum absolute atomic E-state index is 13.5. The van der Waals surface area contributed by atoms with Crippen molar-refractivity contribution in [2.24, 2.45) is 5.92 Å². The molecule has 6 nitrogen and oxygen atoms in total. The average Bonchev–Trinajstić information content (AvgIpc) is 3.31. The molecule has 0 saturated heterocycles.